The fourth-order valence-electron chi connectivity index (χ4n) is 2.51. The number of ether oxygens (including phenoxy) is 1. The van der Waals surface area contributed by atoms with E-state index in [2.05, 4.69) is 5.32 Å². The monoisotopic (exact) mass is 321 g/mol. The largest absolute Gasteiger partial charge is 0.462 e. The molecule has 0 aromatic heterocycles. The number of nitrogens with one attached hydrogen (secondary N) is 1. The van der Waals surface area contributed by atoms with Crippen molar-refractivity contribution in [1.29, 1.82) is 0 Å². The number of hydrogen-bond donors (Lipinski definition) is 1. The second kappa shape index (κ2) is 6.97. The SMILES string of the molecule is CC1=C(C(=O)OCC(C)C)C(c2ccccc2Cl)CC(=O)N1. The standard InChI is InChI=1S/C17H20ClNO3/c1-10(2)9-22-17(21)16-11(3)19-15(20)8-13(16)12-6-4-5-7-14(12)18/h4-7,10,13H,8-9H2,1-3H3,(H,19,20). The van der Waals surface area contributed by atoms with Crippen molar-refractivity contribution in [3.63, 3.8) is 0 Å². The predicted octanol–water partition coefficient (Wildman–Crippen LogP) is 3.42. The number of amides is 1. The molecule has 0 radical (unpaired) electrons. The van der Waals surface area contributed by atoms with E-state index in [0.29, 0.717) is 22.9 Å². The van der Waals surface area contributed by atoms with Crippen LogP contribution in [-0.4, -0.2) is 18.5 Å². The maximum atomic E-state index is 12.4. The van der Waals surface area contributed by atoms with Gasteiger partial charge in [-0.2, -0.15) is 0 Å². The highest BCUT2D eigenvalue weighted by atomic mass is 35.5. The van der Waals surface area contributed by atoms with Gasteiger partial charge in [-0.05, 0) is 24.5 Å². The minimum absolute atomic E-state index is 0.122. The Morgan fingerprint density at radius 1 is 1.41 bits per heavy atom. The topological polar surface area (TPSA) is 55.4 Å². The Bertz CT molecular complexity index is 622. The molecule has 1 atom stereocenters. The van der Waals surface area contributed by atoms with Gasteiger partial charge >= 0.3 is 5.97 Å². The summed E-state index contributed by atoms with van der Waals surface area (Å²) in [6.45, 7) is 6.01. The number of carbonyl (C=O) groups excluding carboxylic acids is 2. The van der Waals surface area contributed by atoms with E-state index in [1.807, 2.05) is 32.0 Å². The molecule has 0 saturated heterocycles. The summed E-state index contributed by atoms with van der Waals surface area (Å²) in [5, 5.41) is 3.26. The van der Waals surface area contributed by atoms with E-state index < -0.39 is 5.97 Å². The van der Waals surface area contributed by atoms with Gasteiger partial charge in [0.05, 0.1) is 12.2 Å². The number of rotatable bonds is 4. The van der Waals surface area contributed by atoms with E-state index in [-0.39, 0.29) is 24.2 Å². The highest BCUT2D eigenvalue weighted by Crippen LogP contribution is 2.36. The zero-order valence-corrected chi connectivity index (χ0v) is 13.7. The van der Waals surface area contributed by atoms with Gasteiger partial charge in [0, 0.05) is 23.1 Å². The molecule has 0 fully saturated rings. The summed E-state index contributed by atoms with van der Waals surface area (Å²) in [6.07, 6.45) is 0.188. The van der Waals surface area contributed by atoms with Crippen LogP contribution in [0.25, 0.3) is 0 Å². The molecule has 1 aromatic rings. The molecular formula is C17H20ClNO3. The summed E-state index contributed by atoms with van der Waals surface area (Å²) >= 11 is 6.24. The molecule has 0 aliphatic carbocycles. The Hall–Kier alpha value is -1.81. The van der Waals surface area contributed by atoms with Crippen LogP contribution in [0.2, 0.25) is 5.02 Å². The van der Waals surface area contributed by atoms with Gasteiger partial charge < -0.3 is 10.1 Å². The van der Waals surface area contributed by atoms with Crippen molar-refractivity contribution in [1.82, 2.24) is 5.32 Å². The second-order valence-electron chi connectivity index (χ2n) is 5.86. The molecule has 2 rings (SSSR count). The van der Waals surface area contributed by atoms with Crippen molar-refractivity contribution in [2.75, 3.05) is 6.61 Å². The van der Waals surface area contributed by atoms with Crippen molar-refractivity contribution >= 4 is 23.5 Å². The number of benzene rings is 1. The average molecular weight is 322 g/mol. The molecule has 22 heavy (non-hydrogen) atoms. The van der Waals surface area contributed by atoms with Crippen molar-refractivity contribution in [3.8, 4) is 0 Å². The van der Waals surface area contributed by atoms with Gasteiger partial charge in [-0.25, -0.2) is 4.79 Å². The van der Waals surface area contributed by atoms with Crippen LogP contribution in [0, 0.1) is 5.92 Å². The summed E-state index contributed by atoms with van der Waals surface area (Å²) in [5.41, 5.74) is 1.79. The zero-order chi connectivity index (χ0) is 16.3. The third-order valence-electron chi connectivity index (χ3n) is 3.52. The van der Waals surface area contributed by atoms with E-state index in [1.54, 1.807) is 13.0 Å². The molecule has 4 nitrogen and oxygen atoms in total. The van der Waals surface area contributed by atoms with E-state index in [4.69, 9.17) is 16.3 Å². The minimum Gasteiger partial charge on any atom is -0.462 e. The first kappa shape index (κ1) is 16.6. The predicted molar refractivity (Wildman–Crippen MR) is 85.4 cm³/mol. The van der Waals surface area contributed by atoms with Crippen LogP contribution in [0.5, 0.6) is 0 Å². The lowest BCUT2D eigenvalue weighted by Crippen LogP contribution is -2.34. The smallest absolute Gasteiger partial charge is 0.336 e. The normalized spacial score (nSPS) is 18.4. The highest BCUT2D eigenvalue weighted by molar-refractivity contribution is 6.31. The minimum atomic E-state index is -0.392. The Labute approximate surface area is 135 Å². The number of halogens is 1. The van der Waals surface area contributed by atoms with E-state index in [9.17, 15) is 9.59 Å². The summed E-state index contributed by atoms with van der Waals surface area (Å²) in [6, 6.07) is 7.27. The number of hydrogen-bond acceptors (Lipinski definition) is 3. The van der Waals surface area contributed by atoms with Gasteiger partial charge in [-0.15, -0.1) is 0 Å². The van der Waals surface area contributed by atoms with E-state index in [1.165, 1.54) is 0 Å². The number of esters is 1. The average Bonchev–Trinajstić information content (AvgIpc) is 2.44. The molecule has 1 aromatic carbocycles. The first-order chi connectivity index (χ1) is 10.4. The van der Waals surface area contributed by atoms with E-state index in [0.717, 1.165) is 5.56 Å². The third kappa shape index (κ3) is 3.69. The maximum Gasteiger partial charge on any atom is 0.336 e. The van der Waals surface area contributed by atoms with Crippen LogP contribution in [0.3, 0.4) is 0 Å². The third-order valence-corrected chi connectivity index (χ3v) is 3.86. The van der Waals surface area contributed by atoms with Crippen LogP contribution in [0.4, 0.5) is 0 Å². The van der Waals surface area contributed by atoms with Crippen molar-refractivity contribution < 1.29 is 14.3 Å². The van der Waals surface area contributed by atoms with Gasteiger partial charge in [-0.1, -0.05) is 43.6 Å². The quantitative estimate of drug-likeness (QED) is 0.865. The first-order valence-corrected chi connectivity index (χ1v) is 7.70. The van der Waals surface area contributed by atoms with Crippen LogP contribution in [-0.2, 0) is 14.3 Å². The molecule has 0 bridgehead atoms. The maximum absolute atomic E-state index is 12.4. The van der Waals surface area contributed by atoms with Gasteiger partial charge in [0.25, 0.3) is 0 Å². The number of allylic oxidation sites excluding steroid dienone is 1. The van der Waals surface area contributed by atoms with Crippen LogP contribution in [0.15, 0.2) is 35.5 Å². The summed E-state index contributed by atoms with van der Waals surface area (Å²) in [5.74, 6) is -0.636. The molecule has 0 spiro atoms. The molecule has 1 heterocycles. The molecule has 1 aliphatic rings. The molecule has 1 unspecified atom stereocenters. The first-order valence-electron chi connectivity index (χ1n) is 7.32. The lowest BCUT2D eigenvalue weighted by molar-refractivity contribution is -0.140. The second-order valence-corrected chi connectivity index (χ2v) is 6.26. The van der Waals surface area contributed by atoms with Gasteiger partial charge in [0.1, 0.15) is 0 Å². The van der Waals surface area contributed by atoms with Crippen molar-refractivity contribution in [3.05, 3.63) is 46.1 Å². The fraction of sp³-hybridized carbons (Fsp3) is 0.412. The molecule has 1 amide bonds. The zero-order valence-electron chi connectivity index (χ0n) is 13.0. The van der Waals surface area contributed by atoms with Crippen LogP contribution in [0.1, 0.15) is 38.7 Å². The van der Waals surface area contributed by atoms with E-state index >= 15 is 0 Å². The highest BCUT2D eigenvalue weighted by Gasteiger charge is 2.33. The Kier molecular flexibility index (Phi) is 5.24. The lowest BCUT2D eigenvalue weighted by atomic mass is 9.84. The Morgan fingerprint density at radius 2 is 2.09 bits per heavy atom. The number of carbonyl (C=O) groups is 2. The lowest BCUT2D eigenvalue weighted by Gasteiger charge is -2.27. The Morgan fingerprint density at radius 3 is 2.73 bits per heavy atom. The molecular weight excluding hydrogens is 302 g/mol. The molecule has 118 valence electrons. The summed E-state index contributed by atoms with van der Waals surface area (Å²) < 4.78 is 5.35. The summed E-state index contributed by atoms with van der Waals surface area (Å²) in [4.78, 5) is 24.3. The molecule has 5 heteroatoms. The molecule has 0 saturated carbocycles. The van der Waals surface area contributed by atoms with Crippen LogP contribution >= 0.6 is 11.6 Å². The fourth-order valence-corrected chi connectivity index (χ4v) is 2.78. The Balaban J connectivity index is 2.37. The molecule has 1 aliphatic heterocycles. The van der Waals surface area contributed by atoms with Crippen molar-refractivity contribution in [2.45, 2.75) is 33.1 Å². The van der Waals surface area contributed by atoms with Gasteiger partial charge in [0.15, 0.2) is 0 Å². The van der Waals surface area contributed by atoms with Crippen molar-refractivity contribution in [2.24, 2.45) is 5.92 Å². The van der Waals surface area contributed by atoms with Crippen LogP contribution < -0.4 is 5.32 Å². The summed E-state index contributed by atoms with van der Waals surface area (Å²) in [7, 11) is 0. The molecule has 1 N–H and O–H groups in total. The van der Waals surface area contributed by atoms with Gasteiger partial charge in [0.2, 0.25) is 5.91 Å². The van der Waals surface area contributed by atoms with Gasteiger partial charge in [-0.3, -0.25) is 4.79 Å².